The molecule has 1 aliphatic rings. The van der Waals surface area contributed by atoms with Crippen molar-refractivity contribution in [3.05, 3.63) is 77.7 Å². The average molecular weight is 418 g/mol. The normalized spacial score (nSPS) is 14.0. The summed E-state index contributed by atoms with van der Waals surface area (Å²) in [4.78, 5) is 33.6. The molecule has 1 saturated heterocycles. The van der Waals surface area contributed by atoms with Crippen molar-refractivity contribution >= 4 is 11.8 Å². The number of pyridine rings is 1. The SMILES string of the molecule is Cc1c(C(=O)N2CCN(C(=O)CCCc3ccccc3)CC2)cnn1-c1ccccn1. The molecule has 3 heterocycles. The van der Waals surface area contributed by atoms with Crippen LogP contribution in [-0.4, -0.2) is 62.6 Å². The standard InChI is InChI=1S/C24H27N5O2/c1-19-21(18-26-29(19)22-11-5-6-13-25-22)24(31)28-16-14-27(15-17-28)23(30)12-7-10-20-8-3-2-4-9-20/h2-6,8-9,11,13,18H,7,10,12,14-17H2,1H3. The third-order valence-electron chi connectivity index (χ3n) is 5.72. The maximum absolute atomic E-state index is 13.0. The first-order chi connectivity index (χ1) is 15.1. The Morgan fingerprint density at radius 1 is 0.935 bits per heavy atom. The van der Waals surface area contributed by atoms with Crippen LogP contribution >= 0.6 is 0 Å². The largest absolute Gasteiger partial charge is 0.339 e. The highest BCUT2D eigenvalue weighted by molar-refractivity contribution is 5.95. The second-order valence-corrected chi connectivity index (χ2v) is 7.76. The van der Waals surface area contributed by atoms with Crippen LogP contribution in [-0.2, 0) is 11.2 Å². The molecule has 0 radical (unpaired) electrons. The Kier molecular flexibility index (Phi) is 6.40. The van der Waals surface area contributed by atoms with Gasteiger partial charge in [0.25, 0.3) is 5.91 Å². The van der Waals surface area contributed by atoms with Gasteiger partial charge in [0.05, 0.1) is 17.5 Å². The molecule has 1 aromatic carbocycles. The molecular weight excluding hydrogens is 390 g/mol. The molecule has 1 aliphatic heterocycles. The molecule has 0 saturated carbocycles. The van der Waals surface area contributed by atoms with Gasteiger partial charge in [-0.05, 0) is 37.5 Å². The summed E-state index contributed by atoms with van der Waals surface area (Å²) >= 11 is 0. The monoisotopic (exact) mass is 417 g/mol. The summed E-state index contributed by atoms with van der Waals surface area (Å²) in [5.74, 6) is 0.808. The van der Waals surface area contributed by atoms with E-state index in [2.05, 4.69) is 22.2 Å². The number of carbonyl (C=O) groups excluding carboxylic acids is 2. The van der Waals surface area contributed by atoms with E-state index in [1.54, 1.807) is 22.0 Å². The number of amides is 2. The molecule has 0 aliphatic carbocycles. The predicted molar refractivity (Wildman–Crippen MR) is 118 cm³/mol. The highest BCUT2D eigenvalue weighted by Crippen LogP contribution is 2.16. The number of aromatic nitrogens is 3. The Morgan fingerprint density at radius 2 is 1.65 bits per heavy atom. The van der Waals surface area contributed by atoms with Gasteiger partial charge in [-0.3, -0.25) is 9.59 Å². The van der Waals surface area contributed by atoms with Gasteiger partial charge in [0.1, 0.15) is 0 Å². The molecule has 3 aromatic rings. The van der Waals surface area contributed by atoms with E-state index in [1.165, 1.54) is 5.56 Å². The lowest BCUT2D eigenvalue weighted by Crippen LogP contribution is -2.50. The molecule has 0 atom stereocenters. The lowest BCUT2D eigenvalue weighted by atomic mass is 10.1. The predicted octanol–water partition coefficient (Wildman–Crippen LogP) is 2.88. The van der Waals surface area contributed by atoms with Crippen LogP contribution in [0, 0.1) is 6.92 Å². The highest BCUT2D eigenvalue weighted by Gasteiger charge is 2.27. The van der Waals surface area contributed by atoms with Crippen molar-refractivity contribution in [1.29, 1.82) is 0 Å². The van der Waals surface area contributed by atoms with E-state index in [-0.39, 0.29) is 11.8 Å². The van der Waals surface area contributed by atoms with Gasteiger partial charge in [-0.1, -0.05) is 36.4 Å². The molecule has 160 valence electrons. The Morgan fingerprint density at radius 3 is 2.35 bits per heavy atom. The van der Waals surface area contributed by atoms with E-state index in [1.807, 2.05) is 48.2 Å². The Balaban J connectivity index is 1.29. The Labute approximate surface area is 182 Å². The summed E-state index contributed by atoms with van der Waals surface area (Å²) in [5, 5.41) is 4.35. The fourth-order valence-corrected chi connectivity index (χ4v) is 3.91. The van der Waals surface area contributed by atoms with Crippen LogP contribution in [0.4, 0.5) is 0 Å². The second kappa shape index (κ2) is 9.55. The quantitative estimate of drug-likeness (QED) is 0.618. The number of piperazine rings is 1. The maximum Gasteiger partial charge on any atom is 0.257 e. The van der Waals surface area contributed by atoms with Crippen LogP contribution in [0.3, 0.4) is 0 Å². The number of nitrogens with zero attached hydrogens (tertiary/aromatic N) is 5. The molecule has 4 rings (SSSR count). The smallest absolute Gasteiger partial charge is 0.257 e. The molecule has 2 aromatic heterocycles. The molecule has 2 amide bonds. The average Bonchev–Trinajstić information content (AvgIpc) is 3.21. The first-order valence-corrected chi connectivity index (χ1v) is 10.7. The molecule has 31 heavy (non-hydrogen) atoms. The minimum Gasteiger partial charge on any atom is -0.339 e. The zero-order valence-corrected chi connectivity index (χ0v) is 17.8. The molecule has 7 nitrogen and oxygen atoms in total. The van der Waals surface area contributed by atoms with E-state index in [0.717, 1.165) is 18.5 Å². The summed E-state index contributed by atoms with van der Waals surface area (Å²) in [7, 11) is 0. The summed E-state index contributed by atoms with van der Waals surface area (Å²) < 4.78 is 1.68. The lowest BCUT2D eigenvalue weighted by Gasteiger charge is -2.34. The van der Waals surface area contributed by atoms with Gasteiger partial charge in [0.2, 0.25) is 5.91 Å². The third kappa shape index (κ3) is 4.82. The molecule has 0 bridgehead atoms. The molecular formula is C24H27N5O2. The number of carbonyl (C=O) groups is 2. The number of hydrogen-bond acceptors (Lipinski definition) is 4. The third-order valence-corrected chi connectivity index (χ3v) is 5.72. The van der Waals surface area contributed by atoms with Gasteiger partial charge in [-0.15, -0.1) is 0 Å². The maximum atomic E-state index is 13.0. The first-order valence-electron chi connectivity index (χ1n) is 10.7. The van der Waals surface area contributed by atoms with Crippen molar-refractivity contribution in [2.45, 2.75) is 26.2 Å². The molecule has 0 spiro atoms. The molecule has 0 unspecified atom stereocenters. The van der Waals surface area contributed by atoms with Gasteiger partial charge < -0.3 is 9.80 Å². The van der Waals surface area contributed by atoms with Crippen molar-refractivity contribution in [2.75, 3.05) is 26.2 Å². The topological polar surface area (TPSA) is 71.3 Å². The van der Waals surface area contributed by atoms with Crippen LogP contribution < -0.4 is 0 Å². The van der Waals surface area contributed by atoms with E-state index in [4.69, 9.17) is 0 Å². The van der Waals surface area contributed by atoms with Crippen LogP contribution in [0.5, 0.6) is 0 Å². The summed E-state index contributed by atoms with van der Waals surface area (Å²) in [5.41, 5.74) is 2.60. The molecule has 7 heteroatoms. The zero-order chi connectivity index (χ0) is 21.6. The minimum atomic E-state index is -0.0455. The van der Waals surface area contributed by atoms with Crippen LogP contribution in [0.1, 0.15) is 34.5 Å². The summed E-state index contributed by atoms with van der Waals surface area (Å²) in [6.45, 7) is 4.10. The first kappa shape index (κ1) is 20.8. The van der Waals surface area contributed by atoms with Crippen LogP contribution in [0.15, 0.2) is 60.9 Å². The highest BCUT2D eigenvalue weighted by atomic mass is 16.2. The van der Waals surface area contributed by atoms with Gasteiger partial charge in [-0.25, -0.2) is 9.67 Å². The van der Waals surface area contributed by atoms with Crippen molar-refractivity contribution in [1.82, 2.24) is 24.6 Å². The van der Waals surface area contributed by atoms with E-state index >= 15 is 0 Å². The number of aryl methyl sites for hydroxylation is 1. The van der Waals surface area contributed by atoms with Gasteiger partial charge in [0, 0.05) is 38.8 Å². The Bertz CT molecular complexity index is 1020. The summed E-state index contributed by atoms with van der Waals surface area (Å²) in [6.07, 6.45) is 5.60. The van der Waals surface area contributed by atoms with Crippen molar-refractivity contribution in [2.24, 2.45) is 0 Å². The fraction of sp³-hybridized carbons (Fsp3) is 0.333. The van der Waals surface area contributed by atoms with Gasteiger partial charge in [-0.2, -0.15) is 5.10 Å². The number of rotatable bonds is 6. The van der Waals surface area contributed by atoms with Gasteiger partial charge >= 0.3 is 0 Å². The second-order valence-electron chi connectivity index (χ2n) is 7.76. The number of benzene rings is 1. The minimum absolute atomic E-state index is 0.0455. The Hall–Kier alpha value is -3.48. The van der Waals surface area contributed by atoms with Crippen molar-refractivity contribution in [3.8, 4) is 5.82 Å². The lowest BCUT2D eigenvalue weighted by molar-refractivity contribution is -0.132. The van der Waals surface area contributed by atoms with E-state index < -0.39 is 0 Å². The van der Waals surface area contributed by atoms with Crippen molar-refractivity contribution < 1.29 is 9.59 Å². The van der Waals surface area contributed by atoms with Gasteiger partial charge in [0.15, 0.2) is 5.82 Å². The zero-order valence-electron chi connectivity index (χ0n) is 17.8. The van der Waals surface area contributed by atoms with Crippen LogP contribution in [0.25, 0.3) is 5.82 Å². The van der Waals surface area contributed by atoms with E-state index in [0.29, 0.717) is 44.0 Å². The molecule has 0 N–H and O–H groups in total. The van der Waals surface area contributed by atoms with Crippen molar-refractivity contribution in [3.63, 3.8) is 0 Å². The number of hydrogen-bond donors (Lipinski definition) is 0. The summed E-state index contributed by atoms with van der Waals surface area (Å²) in [6, 6.07) is 15.8. The van der Waals surface area contributed by atoms with E-state index in [9.17, 15) is 9.59 Å². The fourth-order valence-electron chi connectivity index (χ4n) is 3.91. The van der Waals surface area contributed by atoms with Crippen LogP contribution in [0.2, 0.25) is 0 Å². The molecule has 1 fully saturated rings.